The highest BCUT2D eigenvalue weighted by atomic mass is 16.4. The molecule has 3 rings (SSSR count). The number of fused-ring (bicyclic) bond motifs is 1. The maximum atomic E-state index is 11.4. The molecule has 2 aromatic carbocycles. The van der Waals surface area contributed by atoms with Crippen molar-refractivity contribution in [1.82, 2.24) is 0 Å². The van der Waals surface area contributed by atoms with Gasteiger partial charge in [-0.2, -0.15) is 0 Å². The Morgan fingerprint density at radius 3 is 2.62 bits per heavy atom. The Morgan fingerprint density at radius 1 is 1.14 bits per heavy atom. The van der Waals surface area contributed by atoms with E-state index in [1.807, 2.05) is 30.3 Å². The topological polar surface area (TPSA) is 40.5 Å². The number of carbonyl (C=O) groups is 1. The minimum atomic E-state index is -0.832. The van der Waals surface area contributed by atoms with Crippen molar-refractivity contribution in [3.63, 3.8) is 0 Å². The second kappa shape index (κ2) is 5.60. The minimum Gasteiger partial charge on any atom is -0.478 e. The fraction of sp³-hybridized carbons (Fsp3) is 0.278. The van der Waals surface area contributed by atoms with Crippen molar-refractivity contribution in [1.29, 1.82) is 0 Å². The SMILES string of the molecule is CC(c1ccccc1)N1CCCc2c(C(=O)O)cccc21. The van der Waals surface area contributed by atoms with Gasteiger partial charge in [0.05, 0.1) is 11.6 Å². The smallest absolute Gasteiger partial charge is 0.336 e. The summed E-state index contributed by atoms with van der Waals surface area (Å²) in [6.45, 7) is 3.14. The van der Waals surface area contributed by atoms with Crippen molar-refractivity contribution in [2.24, 2.45) is 0 Å². The van der Waals surface area contributed by atoms with Gasteiger partial charge in [0.15, 0.2) is 0 Å². The molecule has 3 heteroatoms. The lowest BCUT2D eigenvalue weighted by atomic mass is 9.94. The number of rotatable bonds is 3. The van der Waals surface area contributed by atoms with E-state index in [9.17, 15) is 9.90 Å². The highest BCUT2D eigenvalue weighted by molar-refractivity contribution is 5.91. The Kier molecular flexibility index (Phi) is 3.65. The van der Waals surface area contributed by atoms with Crippen LogP contribution >= 0.6 is 0 Å². The molecule has 1 heterocycles. The number of benzene rings is 2. The maximum absolute atomic E-state index is 11.4. The first kappa shape index (κ1) is 13.7. The van der Waals surface area contributed by atoms with Gasteiger partial charge in [-0.05, 0) is 43.0 Å². The van der Waals surface area contributed by atoms with Gasteiger partial charge in [0.25, 0.3) is 0 Å². The molecule has 108 valence electrons. The molecular weight excluding hydrogens is 262 g/mol. The summed E-state index contributed by atoms with van der Waals surface area (Å²) in [5.41, 5.74) is 3.74. The van der Waals surface area contributed by atoms with E-state index in [-0.39, 0.29) is 6.04 Å². The molecule has 1 aliphatic rings. The number of aromatic carboxylic acids is 1. The number of hydrogen-bond donors (Lipinski definition) is 1. The Labute approximate surface area is 124 Å². The van der Waals surface area contributed by atoms with Gasteiger partial charge in [0, 0.05) is 12.2 Å². The van der Waals surface area contributed by atoms with Gasteiger partial charge in [0.2, 0.25) is 0 Å². The molecule has 0 radical (unpaired) electrons. The lowest BCUT2D eigenvalue weighted by Crippen LogP contribution is -2.32. The van der Waals surface area contributed by atoms with Gasteiger partial charge >= 0.3 is 5.97 Å². The minimum absolute atomic E-state index is 0.245. The van der Waals surface area contributed by atoms with Gasteiger partial charge in [-0.25, -0.2) is 4.79 Å². The summed E-state index contributed by atoms with van der Waals surface area (Å²) in [4.78, 5) is 13.7. The molecule has 0 saturated heterocycles. The first-order chi connectivity index (χ1) is 10.2. The Hall–Kier alpha value is -2.29. The molecule has 1 aliphatic heterocycles. The van der Waals surface area contributed by atoms with E-state index in [1.165, 1.54) is 5.56 Å². The first-order valence-corrected chi connectivity index (χ1v) is 7.35. The van der Waals surface area contributed by atoms with E-state index in [1.54, 1.807) is 6.07 Å². The van der Waals surface area contributed by atoms with Crippen LogP contribution in [0.4, 0.5) is 5.69 Å². The van der Waals surface area contributed by atoms with E-state index < -0.39 is 5.97 Å². The van der Waals surface area contributed by atoms with Crippen molar-refractivity contribution in [3.8, 4) is 0 Å². The van der Waals surface area contributed by atoms with Crippen LogP contribution in [0.25, 0.3) is 0 Å². The van der Waals surface area contributed by atoms with Crippen LogP contribution in [0.5, 0.6) is 0 Å². The van der Waals surface area contributed by atoms with E-state index in [2.05, 4.69) is 24.0 Å². The summed E-state index contributed by atoms with van der Waals surface area (Å²) in [7, 11) is 0. The molecule has 21 heavy (non-hydrogen) atoms. The number of carboxylic acids is 1. The van der Waals surface area contributed by atoms with Crippen LogP contribution in [0.3, 0.4) is 0 Å². The second-order valence-electron chi connectivity index (χ2n) is 5.49. The Morgan fingerprint density at radius 2 is 1.90 bits per heavy atom. The summed E-state index contributed by atoms with van der Waals surface area (Å²) >= 11 is 0. The molecular formula is C18H19NO2. The van der Waals surface area contributed by atoms with Crippen LogP contribution in [0.15, 0.2) is 48.5 Å². The summed E-state index contributed by atoms with van der Waals surface area (Å²) in [5.74, 6) is -0.832. The monoisotopic (exact) mass is 281 g/mol. The van der Waals surface area contributed by atoms with E-state index in [4.69, 9.17) is 0 Å². The average molecular weight is 281 g/mol. The van der Waals surface area contributed by atoms with Gasteiger partial charge in [0.1, 0.15) is 0 Å². The van der Waals surface area contributed by atoms with Crippen molar-refractivity contribution >= 4 is 11.7 Å². The van der Waals surface area contributed by atoms with Crippen molar-refractivity contribution in [2.45, 2.75) is 25.8 Å². The number of nitrogens with zero attached hydrogens (tertiary/aromatic N) is 1. The Balaban J connectivity index is 2.01. The molecule has 2 aromatic rings. The van der Waals surface area contributed by atoms with Crippen LogP contribution in [0.1, 0.15) is 40.9 Å². The maximum Gasteiger partial charge on any atom is 0.336 e. The third kappa shape index (κ3) is 2.51. The number of hydrogen-bond acceptors (Lipinski definition) is 2. The summed E-state index contributed by atoms with van der Waals surface area (Å²) in [5, 5.41) is 9.36. The summed E-state index contributed by atoms with van der Waals surface area (Å²) in [6.07, 6.45) is 1.84. The zero-order valence-corrected chi connectivity index (χ0v) is 12.1. The largest absolute Gasteiger partial charge is 0.478 e. The quantitative estimate of drug-likeness (QED) is 0.927. The average Bonchev–Trinajstić information content (AvgIpc) is 2.53. The predicted octanol–water partition coefficient (Wildman–Crippen LogP) is 3.90. The zero-order chi connectivity index (χ0) is 14.8. The van der Waals surface area contributed by atoms with Gasteiger partial charge < -0.3 is 10.0 Å². The summed E-state index contributed by atoms with van der Waals surface area (Å²) in [6, 6.07) is 16.2. The molecule has 0 aliphatic carbocycles. The fourth-order valence-corrected chi connectivity index (χ4v) is 3.17. The molecule has 0 fully saturated rings. The van der Waals surface area contributed by atoms with Crippen LogP contribution < -0.4 is 4.90 Å². The molecule has 1 unspecified atom stereocenters. The van der Waals surface area contributed by atoms with E-state index in [0.717, 1.165) is 30.6 Å². The predicted molar refractivity (Wildman–Crippen MR) is 83.9 cm³/mol. The second-order valence-corrected chi connectivity index (χ2v) is 5.49. The third-order valence-electron chi connectivity index (χ3n) is 4.27. The van der Waals surface area contributed by atoms with Crippen molar-refractivity contribution in [2.75, 3.05) is 11.4 Å². The summed E-state index contributed by atoms with van der Waals surface area (Å²) < 4.78 is 0. The van der Waals surface area contributed by atoms with Crippen molar-refractivity contribution < 1.29 is 9.90 Å². The van der Waals surface area contributed by atoms with Crippen molar-refractivity contribution in [3.05, 3.63) is 65.2 Å². The van der Waals surface area contributed by atoms with Gasteiger partial charge in [-0.1, -0.05) is 36.4 Å². The number of anilines is 1. The lowest BCUT2D eigenvalue weighted by molar-refractivity contribution is 0.0695. The van der Waals surface area contributed by atoms with Crippen LogP contribution in [0.2, 0.25) is 0 Å². The number of carboxylic acid groups (broad SMARTS) is 1. The van der Waals surface area contributed by atoms with E-state index in [0.29, 0.717) is 5.56 Å². The Bertz CT molecular complexity index is 652. The normalized spacial score (nSPS) is 15.4. The molecule has 0 amide bonds. The van der Waals surface area contributed by atoms with Gasteiger partial charge in [-0.3, -0.25) is 0 Å². The molecule has 0 bridgehead atoms. The molecule has 1 N–H and O–H groups in total. The zero-order valence-electron chi connectivity index (χ0n) is 12.1. The molecule has 0 saturated carbocycles. The molecule has 3 nitrogen and oxygen atoms in total. The lowest BCUT2D eigenvalue weighted by Gasteiger charge is -2.37. The highest BCUT2D eigenvalue weighted by Crippen LogP contribution is 2.35. The van der Waals surface area contributed by atoms with E-state index >= 15 is 0 Å². The molecule has 0 spiro atoms. The van der Waals surface area contributed by atoms with Crippen LogP contribution in [-0.2, 0) is 6.42 Å². The fourth-order valence-electron chi connectivity index (χ4n) is 3.17. The van der Waals surface area contributed by atoms with Gasteiger partial charge in [-0.15, -0.1) is 0 Å². The third-order valence-corrected chi connectivity index (χ3v) is 4.27. The highest BCUT2D eigenvalue weighted by Gasteiger charge is 2.25. The molecule has 0 aromatic heterocycles. The molecule has 1 atom stereocenters. The van der Waals surface area contributed by atoms with Crippen LogP contribution in [-0.4, -0.2) is 17.6 Å². The first-order valence-electron chi connectivity index (χ1n) is 7.35. The standard InChI is InChI=1S/C18H19NO2/c1-13(14-7-3-2-4-8-14)19-12-6-10-15-16(18(20)21)9-5-11-17(15)19/h2-5,7-9,11,13H,6,10,12H2,1H3,(H,20,21). The van der Waals surface area contributed by atoms with Crippen LogP contribution in [0, 0.1) is 0 Å².